The van der Waals surface area contributed by atoms with E-state index in [2.05, 4.69) is 10.2 Å². The second-order valence-corrected chi connectivity index (χ2v) is 8.59. The van der Waals surface area contributed by atoms with Gasteiger partial charge < -0.3 is 19.4 Å². The van der Waals surface area contributed by atoms with Crippen molar-refractivity contribution in [1.82, 2.24) is 20.0 Å². The van der Waals surface area contributed by atoms with Crippen LogP contribution in [0.1, 0.15) is 36.0 Å². The Bertz CT molecular complexity index is 1010. The van der Waals surface area contributed by atoms with E-state index in [9.17, 15) is 14.4 Å². The molecule has 3 amide bonds. The number of piperazine rings is 1. The molecule has 1 atom stereocenters. The number of carbonyl (C=O) groups excluding carboxylic acids is 3. The number of hydrogen-bond donors (Lipinski definition) is 1. The smallest absolute Gasteiger partial charge is 0.338 e. The van der Waals surface area contributed by atoms with Gasteiger partial charge in [-0.25, -0.2) is 9.59 Å². The Morgan fingerprint density at radius 2 is 2.00 bits per heavy atom. The highest BCUT2D eigenvalue weighted by Crippen LogP contribution is 2.33. The predicted octanol–water partition coefficient (Wildman–Crippen LogP) is 2.70. The molecule has 1 unspecified atom stereocenters. The van der Waals surface area contributed by atoms with Crippen LogP contribution in [0.2, 0.25) is 0 Å². The highest BCUT2D eigenvalue weighted by atomic mass is 32.1. The summed E-state index contributed by atoms with van der Waals surface area (Å²) in [6.07, 6.45) is 1.49. The van der Waals surface area contributed by atoms with Crippen LogP contribution in [0, 0.1) is 0 Å². The van der Waals surface area contributed by atoms with Gasteiger partial charge in [-0.3, -0.25) is 14.6 Å². The van der Waals surface area contributed by atoms with E-state index in [1.54, 1.807) is 28.9 Å². The Hall–Kier alpha value is -3.11. The zero-order valence-electron chi connectivity index (χ0n) is 18.8. The predicted molar refractivity (Wildman–Crippen MR) is 123 cm³/mol. The van der Waals surface area contributed by atoms with Gasteiger partial charge in [0.2, 0.25) is 0 Å². The van der Waals surface area contributed by atoms with Crippen molar-refractivity contribution in [1.29, 1.82) is 0 Å². The molecule has 9 nitrogen and oxygen atoms in total. The summed E-state index contributed by atoms with van der Waals surface area (Å²) in [5, 5.41) is 6.82. The maximum absolute atomic E-state index is 13.1. The van der Waals surface area contributed by atoms with E-state index in [4.69, 9.17) is 9.15 Å². The molecule has 0 radical (unpaired) electrons. The molecule has 33 heavy (non-hydrogen) atoms. The lowest BCUT2D eigenvalue weighted by molar-refractivity contribution is -0.139. The number of thiophene rings is 1. The van der Waals surface area contributed by atoms with Crippen LogP contribution in [0.5, 0.6) is 0 Å². The summed E-state index contributed by atoms with van der Waals surface area (Å²) in [6, 6.07) is 4.48. The van der Waals surface area contributed by atoms with Crippen molar-refractivity contribution in [3.63, 3.8) is 0 Å². The van der Waals surface area contributed by atoms with Gasteiger partial charge >= 0.3 is 12.0 Å². The number of ether oxygens (including phenoxy) is 1. The molecule has 1 fully saturated rings. The van der Waals surface area contributed by atoms with E-state index >= 15 is 0 Å². The van der Waals surface area contributed by atoms with Crippen LogP contribution in [0.4, 0.5) is 4.79 Å². The summed E-state index contributed by atoms with van der Waals surface area (Å²) in [7, 11) is 0. The Morgan fingerprint density at radius 3 is 2.61 bits per heavy atom. The second kappa shape index (κ2) is 10.2. The zero-order chi connectivity index (χ0) is 23.4. The Balaban J connectivity index is 1.58. The molecular weight excluding hydrogens is 444 g/mol. The number of nitrogens with zero attached hydrogens (tertiary/aromatic N) is 3. The minimum Gasteiger partial charge on any atom is -0.463 e. The van der Waals surface area contributed by atoms with Crippen molar-refractivity contribution < 1.29 is 23.5 Å². The molecule has 2 aromatic rings. The van der Waals surface area contributed by atoms with Crippen LogP contribution < -0.4 is 5.32 Å². The van der Waals surface area contributed by atoms with E-state index in [1.807, 2.05) is 23.8 Å². The first kappa shape index (κ1) is 23.1. The number of urea groups is 1. The van der Waals surface area contributed by atoms with Crippen LogP contribution in [0.25, 0.3) is 0 Å². The number of nitrogens with one attached hydrogen (secondary N) is 1. The fraction of sp³-hybridized carbons (Fsp3) is 0.435. The summed E-state index contributed by atoms with van der Waals surface area (Å²) in [5.41, 5.74) is 1.98. The maximum Gasteiger partial charge on any atom is 0.338 e. The third-order valence-corrected chi connectivity index (χ3v) is 6.59. The number of rotatable bonds is 7. The van der Waals surface area contributed by atoms with Gasteiger partial charge in [0.05, 0.1) is 24.5 Å². The molecule has 0 aliphatic carbocycles. The van der Waals surface area contributed by atoms with E-state index in [0.717, 1.165) is 5.56 Å². The van der Waals surface area contributed by atoms with Crippen molar-refractivity contribution in [2.24, 2.45) is 0 Å². The first-order valence-corrected chi connectivity index (χ1v) is 12.0. The van der Waals surface area contributed by atoms with Crippen molar-refractivity contribution >= 4 is 29.2 Å². The summed E-state index contributed by atoms with van der Waals surface area (Å²) in [6.45, 7) is 7.05. The molecule has 0 bridgehead atoms. The van der Waals surface area contributed by atoms with Crippen LogP contribution >= 0.6 is 11.3 Å². The maximum atomic E-state index is 13.1. The van der Waals surface area contributed by atoms with E-state index in [1.165, 1.54) is 17.6 Å². The second-order valence-electron chi connectivity index (χ2n) is 7.81. The Kier molecular flexibility index (Phi) is 7.14. The molecule has 4 heterocycles. The van der Waals surface area contributed by atoms with Gasteiger partial charge in [0.1, 0.15) is 0 Å². The first-order chi connectivity index (χ1) is 16.0. The Labute approximate surface area is 196 Å². The third-order valence-electron chi connectivity index (χ3n) is 5.89. The average molecular weight is 473 g/mol. The quantitative estimate of drug-likeness (QED) is 0.623. The minimum atomic E-state index is -0.553. The average Bonchev–Trinajstić information content (AvgIpc) is 3.53. The summed E-state index contributed by atoms with van der Waals surface area (Å²) >= 11 is 1.51. The summed E-state index contributed by atoms with van der Waals surface area (Å²) in [4.78, 5) is 44.1. The summed E-state index contributed by atoms with van der Waals surface area (Å²) in [5.74, 6) is -0.222. The molecule has 0 saturated carbocycles. The molecule has 2 aliphatic heterocycles. The molecule has 1 saturated heterocycles. The number of hydrogen-bond acceptors (Lipinski definition) is 7. The van der Waals surface area contributed by atoms with Crippen LogP contribution in [-0.4, -0.2) is 78.5 Å². The molecule has 2 aliphatic rings. The lowest BCUT2D eigenvalue weighted by Gasteiger charge is -2.40. The number of likely N-dealkylation sites (N-methyl/N-ethyl adjacent to an activating group) is 1. The SMILES string of the molecule is CCOC(=O)C1=C(CN2CCN(C(=O)c3ccco3)CC2)N(CC)C(=O)NC1c1ccsc1. The summed E-state index contributed by atoms with van der Waals surface area (Å²) < 4.78 is 10.6. The third kappa shape index (κ3) is 4.81. The number of amides is 3. The van der Waals surface area contributed by atoms with Gasteiger partial charge in [0.25, 0.3) is 5.91 Å². The molecule has 4 rings (SSSR count). The van der Waals surface area contributed by atoms with Gasteiger partial charge in [-0.2, -0.15) is 11.3 Å². The fourth-order valence-corrected chi connectivity index (χ4v) is 4.91. The Morgan fingerprint density at radius 1 is 1.21 bits per heavy atom. The molecule has 10 heteroatoms. The first-order valence-electron chi connectivity index (χ1n) is 11.1. The fourth-order valence-electron chi connectivity index (χ4n) is 4.22. The van der Waals surface area contributed by atoms with Crippen molar-refractivity contribution in [3.8, 4) is 0 Å². The standard InChI is InChI=1S/C23H28N4O5S/c1-3-27-17(14-25-8-10-26(11-9-25)21(28)18-6-5-12-32-18)19(22(29)31-4-2)20(24-23(27)30)16-7-13-33-15-16/h5-7,12-13,15,20H,3-4,8-11,14H2,1-2H3,(H,24,30). The minimum absolute atomic E-state index is 0.129. The highest BCUT2D eigenvalue weighted by molar-refractivity contribution is 7.08. The van der Waals surface area contributed by atoms with Gasteiger partial charge in [-0.1, -0.05) is 0 Å². The zero-order valence-corrected chi connectivity index (χ0v) is 19.6. The molecule has 1 N–H and O–H groups in total. The van der Waals surface area contributed by atoms with Crippen molar-refractivity contribution in [2.45, 2.75) is 19.9 Å². The van der Waals surface area contributed by atoms with Crippen LogP contribution in [-0.2, 0) is 9.53 Å². The number of esters is 1. The molecule has 0 aromatic carbocycles. The van der Waals surface area contributed by atoms with Gasteiger partial charge in [0.15, 0.2) is 5.76 Å². The van der Waals surface area contributed by atoms with E-state index < -0.39 is 12.0 Å². The van der Waals surface area contributed by atoms with Crippen molar-refractivity contribution in [3.05, 3.63) is 57.8 Å². The van der Waals surface area contributed by atoms with E-state index in [-0.39, 0.29) is 18.5 Å². The largest absolute Gasteiger partial charge is 0.463 e. The molecule has 176 valence electrons. The molecule has 2 aromatic heterocycles. The van der Waals surface area contributed by atoms with Crippen molar-refractivity contribution in [2.75, 3.05) is 45.9 Å². The van der Waals surface area contributed by atoms with Gasteiger partial charge in [-0.05, 0) is 48.4 Å². The van der Waals surface area contributed by atoms with Crippen LogP contribution in [0.3, 0.4) is 0 Å². The van der Waals surface area contributed by atoms with Gasteiger partial charge in [-0.15, -0.1) is 0 Å². The lowest BCUT2D eigenvalue weighted by atomic mass is 9.96. The molecule has 0 spiro atoms. The topological polar surface area (TPSA) is 95.3 Å². The van der Waals surface area contributed by atoms with E-state index in [0.29, 0.717) is 56.3 Å². The molecular formula is C23H28N4O5S. The number of carbonyl (C=O) groups is 3. The number of furan rings is 1. The van der Waals surface area contributed by atoms with Crippen LogP contribution in [0.15, 0.2) is 50.9 Å². The highest BCUT2D eigenvalue weighted by Gasteiger charge is 2.38. The van der Waals surface area contributed by atoms with Gasteiger partial charge in [0, 0.05) is 45.0 Å². The monoisotopic (exact) mass is 472 g/mol. The lowest BCUT2D eigenvalue weighted by Crippen LogP contribution is -2.53. The normalized spacial score (nSPS) is 19.6.